The highest BCUT2D eigenvalue weighted by molar-refractivity contribution is 5.83. The number of aromatic nitrogens is 2. The predicted molar refractivity (Wildman–Crippen MR) is 75.5 cm³/mol. The third kappa shape index (κ3) is 3.57. The molecule has 0 spiro atoms. The minimum Gasteiger partial charge on any atom is -0.321 e. The fourth-order valence-electron chi connectivity index (χ4n) is 1.89. The molecule has 0 radical (unpaired) electrons. The largest absolute Gasteiger partial charge is 0.321 e. The van der Waals surface area contributed by atoms with Crippen LogP contribution in [0.1, 0.15) is 20.3 Å². The number of hydrogen-bond donors (Lipinski definition) is 2. The number of para-hydroxylation sites is 2. The van der Waals surface area contributed by atoms with Gasteiger partial charge in [0.2, 0.25) is 5.91 Å². The Morgan fingerprint density at radius 3 is 2.65 bits per heavy atom. The van der Waals surface area contributed by atoms with Gasteiger partial charge in [0.05, 0.1) is 17.4 Å². The lowest BCUT2D eigenvalue weighted by molar-refractivity contribution is -0.129. The highest BCUT2D eigenvalue weighted by Crippen LogP contribution is 2.11. The fraction of sp³-hybridized carbons (Fsp3) is 0.357. The normalized spacial score (nSPS) is 10.8. The standard InChI is InChI=1S/C14H18N4O2/c1-10(2)7-13(19)16-17-14(20)8-18-9-15-11-5-3-4-6-12(11)18/h3-6,9-10H,7-8H2,1-2H3,(H,16,19)(H,17,20). The smallest absolute Gasteiger partial charge is 0.258 e. The molecule has 0 aliphatic carbocycles. The molecule has 6 heteroatoms. The van der Waals surface area contributed by atoms with E-state index in [-0.39, 0.29) is 24.3 Å². The van der Waals surface area contributed by atoms with Crippen LogP contribution in [0.3, 0.4) is 0 Å². The lowest BCUT2D eigenvalue weighted by Gasteiger charge is -2.09. The fourth-order valence-corrected chi connectivity index (χ4v) is 1.89. The SMILES string of the molecule is CC(C)CC(=O)NNC(=O)Cn1cnc2ccccc21. The van der Waals surface area contributed by atoms with E-state index in [1.807, 2.05) is 38.1 Å². The van der Waals surface area contributed by atoms with Gasteiger partial charge in [-0.15, -0.1) is 0 Å². The molecule has 2 N–H and O–H groups in total. The zero-order chi connectivity index (χ0) is 14.5. The van der Waals surface area contributed by atoms with Gasteiger partial charge >= 0.3 is 0 Å². The van der Waals surface area contributed by atoms with Gasteiger partial charge in [-0.2, -0.15) is 0 Å². The number of amides is 2. The van der Waals surface area contributed by atoms with Crippen LogP contribution in [0.5, 0.6) is 0 Å². The summed E-state index contributed by atoms with van der Waals surface area (Å²) in [6.07, 6.45) is 1.99. The second-order valence-corrected chi connectivity index (χ2v) is 5.06. The van der Waals surface area contributed by atoms with E-state index in [0.29, 0.717) is 6.42 Å². The van der Waals surface area contributed by atoms with Crippen molar-refractivity contribution in [2.75, 3.05) is 0 Å². The highest BCUT2D eigenvalue weighted by atomic mass is 16.2. The summed E-state index contributed by atoms with van der Waals surface area (Å²) in [6, 6.07) is 7.57. The van der Waals surface area contributed by atoms with Gasteiger partial charge in [-0.25, -0.2) is 4.98 Å². The first kappa shape index (κ1) is 14.0. The molecule has 20 heavy (non-hydrogen) atoms. The van der Waals surface area contributed by atoms with Crippen LogP contribution >= 0.6 is 0 Å². The third-order valence-electron chi connectivity index (χ3n) is 2.78. The minimum atomic E-state index is -0.287. The van der Waals surface area contributed by atoms with Crippen LogP contribution in [0.2, 0.25) is 0 Å². The van der Waals surface area contributed by atoms with Crippen LogP contribution in [0.15, 0.2) is 30.6 Å². The lowest BCUT2D eigenvalue weighted by atomic mass is 10.1. The average Bonchev–Trinajstić information content (AvgIpc) is 2.79. The third-order valence-corrected chi connectivity index (χ3v) is 2.78. The maximum absolute atomic E-state index is 11.8. The average molecular weight is 274 g/mol. The van der Waals surface area contributed by atoms with Crippen molar-refractivity contribution in [2.24, 2.45) is 5.92 Å². The molecule has 0 bridgehead atoms. The van der Waals surface area contributed by atoms with E-state index in [2.05, 4.69) is 15.8 Å². The minimum absolute atomic E-state index is 0.114. The first-order valence-electron chi connectivity index (χ1n) is 6.54. The van der Waals surface area contributed by atoms with E-state index in [4.69, 9.17) is 0 Å². The van der Waals surface area contributed by atoms with Crippen molar-refractivity contribution < 1.29 is 9.59 Å². The molecule has 106 valence electrons. The van der Waals surface area contributed by atoms with Crippen molar-refractivity contribution in [3.8, 4) is 0 Å². The van der Waals surface area contributed by atoms with Gasteiger partial charge in [-0.3, -0.25) is 20.4 Å². The molecule has 6 nitrogen and oxygen atoms in total. The number of nitrogens with one attached hydrogen (secondary N) is 2. The number of nitrogens with zero attached hydrogens (tertiary/aromatic N) is 2. The predicted octanol–water partition coefficient (Wildman–Crippen LogP) is 1.23. The number of fused-ring (bicyclic) bond motifs is 1. The Morgan fingerprint density at radius 2 is 1.90 bits per heavy atom. The topological polar surface area (TPSA) is 76.0 Å². The summed E-state index contributed by atoms with van der Waals surface area (Å²) in [4.78, 5) is 27.4. The van der Waals surface area contributed by atoms with Gasteiger partial charge in [0, 0.05) is 6.42 Å². The van der Waals surface area contributed by atoms with E-state index in [0.717, 1.165) is 11.0 Å². The molecule has 0 atom stereocenters. The van der Waals surface area contributed by atoms with Crippen molar-refractivity contribution >= 4 is 22.8 Å². The Labute approximate surface area is 117 Å². The number of imidazole rings is 1. The van der Waals surface area contributed by atoms with Gasteiger partial charge in [0.15, 0.2) is 0 Å². The van der Waals surface area contributed by atoms with E-state index in [9.17, 15) is 9.59 Å². The monoisotopic (exact) mass is 274 g/mol. The van der Waals surface area contributed by atoms with Crippen LogP contribution in [0.4, 0.5) is 0 Å². The molecule has 2 aromatic rings. The number of carbonyl (C=O) groups excluding carboxylic acids is 2. The molecule has 1 aromatic carbocycles. The zero-order valence-corrected chi connectivity index (χ0v) is 11.6. The van der Waals surface area contributed by atoms with Gasteiger partial charge < -0.3 is 4.57 Å². The molecule has 0 fully saturated rings. The van der Waals surface area contributed by atoms with E-state index in [1.165, 1.54) is 0 Å². The summed E-state index contributed by atoms with van der Waals surface area (Å²) in [5.74, 6) is -0.224. The summed E-state index contributed by atoms with van der Waals surface area (Å²) >= 11 is 0. The summed E-state index contributed by atoms with van der Waals surface area (Å²) in [6.45, 7) is 4.00. The lowest BCUT2D eigenvalue weighted by Crippen LogP contribution is -2.43. The van der Waals surface area contributed by atoms with Crippen LogP contribution in [-0.2, 0) is 16.1 Å². The second kappa shape index (κ2) is 6.18. The molecule has 1 heterocycles. The van der Waals surface area contributed by atoms with Crippen molar-refractivity contribution in [3.05, 3.63) is 30.6 Å². The molecule has 1 aromatic heterocycles. The van der Waals surface area contributed by atoms with E-state index >= 15 is 0 Å². The first-order valence-corrected chi connectivity index (χ1v) is 6.54. The molecule has 0 aliphatic heterocycles. The number of hydrogen-bond acceptors (Lipinski definition) is 3. The molecule has 2 rings (SSSR count). The Morgan fingerprint density at radius 1 is 1.20 bits per heavy atom. The van der Waals surface area contributed by atoms with Crippen molar-refractivity contribution in [2.45, 2.75) is 26.8 Å². The Balaban J connectivity index is 1.90. The van der Waals surface area contributed by atoms with Crippen molar-refractivity contribution in [1.29, 1.82) is 0 Å². The Hall–Kier alpha value is -2.37. The van der Waals surface area contributed by atoms with Crippen LogP contribution in [0.25, 0.3) is 11.0 Å². The molecule has 0 unspecified atom stereocenters. The Bertz CT molecular complexity index is 618. The van der Waals surface area contributed by atoms with Crippen LogP contribution < -0.4 is 10.9 Å². The van der Waals surface area contributed by atoms with E-state index in [1.54, 1.807) is 10.9 Å². The zero-order valence-electron chi connectivity index (χ0n) is 11.6. The maximum Gasteiger partial charge on any atom is 0.258 e. The van der Waals surface area contributed by atoms with Gasteiger partial charge in [-0.05, 0) is 18.1 Å². The second-order valence-electron chi connectivity index (χ2n) is 5.06. The number of rotatable bonds is 4. The number of hydrazine groups is 1. The summed E-state index contributed by atoms with van der Waals surface area (Å²) in [5.41, 5.74) is 6.53. The Kier molecular flexibility index (Phi) is 4.34. The summed E-state index contributed by atoms with van der Waals surface area (Å²) in [5, 5.41) is 0. The molecular formula is C14H18N4O2. The van der Waals surface area contributed by atoms with Crippen LogP contribution in [-0.4, -0.2) is 21.4 Å². The molecular weight excluding hydrogens is 256 g/mol. The first-order chi connectivity index (χ1) is 9.56. The van der Waals surface area contributed by atoms with Crippen molar-refractivity contribution in [1.82, 2.24) is 20.4 Å². The molecule has 2 amide bonds. The molecule has 0 saturated carbocycles. The van der Waals surface area contributed by atoms with Gasteiger partial charge in [-0.1, -0.05) is 26.0 Å². The maximum atomic E-state index is 11.8. The summed E-state index contributed by atoms with van der Waals surface area (Å²) in [7, 11) is 0. The van der Waals surface area contributed by atoms with Crippen LogP contribution in [0, 0.1) is 5.92 Å². The number of benzene rings is 1. The molecule has 0 saturated heterocycles. The van der Waals surface area contributed by atoms with Gasteiger partial charge in [0.1, 0.15) is 6.54 Å². The van der Waals surface area contributed by atoms with Crippen molar-refractivity contribution in [3.63, 3.8) is 0 Å². The van der Waals surface area contributed by atoms with E-state index < -0.39 is 0 Å². The van der Waals surface area contributed by atoms with Gasteiger partial charge in [0.25, 0.3) is 5.91 Å². The molecule has 0 aliphatic rings. The highest BCUT2D eigenvalue weighted by Gasteiger charge is 2.09. The number of carbonyl (C=O) groups is 2. The quantitative estimate of drug-likeness (QED) is 0.823. The summed E-state index contributed by atoms with van der Waals surface area (Å²) < 4.78 is 1.74.